The number of cyclic esters (lactones) is 1. The molecular formula is C26H42O10. The molecule has 0 radical (unpaired) electrons. The lowest BCUT2D eigenvalue weighted by molar-refractivity contribution is -0.297. The first kappa shape index (κ1) is 29.2. The minimum Gasteiger partial charge on any atom is -0.454 e. The van der Waals surface area contributed by atoms with Gasteiger partial charge in [0.05, 0.1) is 0 Å². The van der Waals surface area contributed by atoms with Gasteiger partial charge < -0.3 is 43.0 Å². The highest BCUT2D eigenvalue weighted by molar-refractivity contribution is 5.77. The summed E-state index contributed by atoms with van der Waals surface area (Å²) in [5.74, 6) is -1.94. The van der Waals surface area contributed by atoms with E-state index in [-0.39, 0.29) is 18.3 Å². The molecule has 0 bridgehead atoms. The molecule has 0 aliphatic carbocycles. The van der Waals surface area contributed by atoms with Crippen LogP contribution in [0.4, 0.5) is 0 Å². The Kier molecular flexibility index (Phi) is 8.45. The van der Waals surface area contributed by atoms with E-state index in [1.807, 2.05) is 27.7 Å². The first-order valence-corrected chi connectivity index (χ1v) is 12.2. The third-order valence-electron chi connectivity index (χ3n) is 6.94. The lowest BCUT2D eigenvalue weighted by Gasteiger charge is -2.46. The average Bonchev–Trinajstić information content (AvgIpc) is 3.24. The van der Waals surface area contributed by atoms with Gasteiger partial charge in [-0.3, -0.25) is 0 Å². The van der Waals surface area contributed by atoms with Gasteiger partial charge in [-0.25, -0.2) is 4.79 Å². The first-order valence-electron chi connectivity index (χ1n) is 12.2. The highest BCUT2D eigenvalue weighted by Gasteiger charge is 2.60. The molecule has 4 heterocycles. The summed E-state index contributed by atoms with van der Waals surface area (Å²) in [6.07, 6.45) is 0.778. The molecule has 4 fully saturated rings. The van der Waals surface area contributed by atoms with E-state index in [9.17, 15) is 9.90 Å². The van der Waals surface area contributed by atoms with Crippen LogP contribution in [0.1, 0.15) is 54.4 Å². The van der Waals surface area contributed by atoms with E-state index in [1.165, 1.54) is 0 Å². The summed E-state index contributed by atoms with van der Waals surface area (Å²) in [4.78, 5) is 12.0. The van der Waals surface area contributed by atoms with Crippen LogP contribution in [0.2, 0.25) is 0 Å². The Morgan fingerprint density at radius 3 is 1.81 bits per heavy atom. The van der Waals surface area contributed by atoms with E-state index in [0.717, 1.165) is 0 Å². The number of fused-ring (bicyclic) bond motifs is 2. The molecule has 0 aromatic rings. The Balaban J connectivity index is 0.000000201. The summed E-state index contributed by atoms with van der Waals surface area (Å²) in [6.45, 7) is 18.3. The van der Waals surface area contributed by atoms with E-state index in [4.69, 9.17) is 37.9 Å². The van der Waals surface area contributed by atoms with Crippen molar-refractivity contribution < 1.29 is 47.8 Å². The Morgan fingerprint density at radius 2 is 1.25 bits per heavy atom. The van der Waals surface area contributed by atoms with Crippen LogP contribution >= 0.6 is 0 Å². The molecule has 0 saturated carbocycles. The van der Waals surface area contributed by atoms with Crippen molar-refractivity contribution in [3.8, 4) is 0 Å². The zero-order chi connectivity index (χ0) is 27.1. The van der Waals surface area contributed by atoms with Crippen molar-refractivity contribution in [2.75, 3.05) is 14.2 Å². The number of aliphatic hydroxyl groups excluding tert-OH is 1. The molecule has 10 nitrogen and oxygen atoms in total. The van der Waals surface area contributed by atoms with E-state index < -0.39 is 53.3 Å². The van der Waals surface area contributed by atoms with Crippen LogP contribution in [0.5, 0.6) is 0 Å². The molecule has 0 aromatic carbocycles. The summed E-state index contributed by atoms with van der Waals surface area (Å²) in [5, 5.41) is 10.1. The highest BCUT2D eigenvalue weighted by Crippen LogP contribution is 2.43. The van der Waals surface area contributed by atoms with Gasteiger partial charge in [0.2, 0.25) is 0 Å². The van der Waals surface area contributed by atoms with Gasteiger partial charge in [-0.1, -0.05) is 12.2 Å². The molecule has 36 heavy (non-hydrogen) atoms. The molecule has 0 aromatic heterocycles. The Morgan fingerprint density at radius 1 is 0.778 bits per heavy atom. The molecule has 4 aliphatic rings. The third kappa shape index (κ3) is 5.56. The van der Waals surface area contributed by atoms with E-state index >= 15 is 0 Å². The van der Waals surface area contributed by atoms with Crippen LogP contribution in [0.3, 0.4) is 0 Å². The predicted octanol–water partition coefficient (Wildman–Crippen LogP) is 2.62. The van der Waals surface area contributed by atoms with Crippen molar-refractivity contribution in [2.24, 2.45) is 0 Å². The monoisotopic (exact) mass is 514 g/mol. The molecule has 4 saturated heterocycles. The lowest BCUT2D eigenvalue weighted by Crippen LogP contribution is -2.62. The fourth-order valence-corrected chi connectivity index (χ4v) is 5.58. The second-order valence-electron chi connectivity index (χ2n) is 10.9. The Bertz CT molecular complexity index is 828. The summed E-state index contributed by atoms with van der Waals surface area (Å²) in [7, 11) is 3.19. The lowest BCUT2D eigenvalue weighted by atomic mass is 9.85. The van der Waals surface area contributed by atoms with Crippen LogP contribution in [-0.2, 0) is 42.7 Å². The molecule has 4 rings (SSSR count). The number of methoxy groups -OCH3 is 2. The van der Waals surface area contributed by atoms with E-state index in [0.29, 0.717) is 12.8 Å². The largest absolute Gasteiger partial charge is 0.454 e. The number of hydrogen-bond donors (Lipinski definition) is 1. The van der Waals surface area contributed by atoms with E-state index in [2.05, 4.69) is 13.2 Å². The fourth-order valence-electron chi connectivity index (χ4n) is 5.58. The van der Waals surface area contributed by atoms with Gasteiger partial charge in [0, 0.05) is 20.6 Å². The van der Waals surface area contributed by atoms with Crippen molar-refractivity contribution in [1.82, 2.24) is 0 Å². The quantitative estimate of drug-likeness (QED) is 0.419. The number of ether oxygens (including phenoxy) is 8. The van der Waals surface area contributed by atoms with Crippen molar-refractivity contribution in [3.63, 3.8) is 0 Å². The van der Waals surface area contributed by atoms with Crippen molar-refractivity contribution in [1.29, 1.82) is 0 Å². The Labute approximate surface area is 213 Å². The second-order valence-corrected chi connectivity index (χ2v) is 10.9. The maximum atomic E-state index is 12.0. The van der Waals surface area contributed by atoms with Gasteiger partial charge in [0.25, 0.3) is 0 Å². The molecule has 9 atom stereocenters. The minimum absolute atomic E-state index is 0.314. The van der Waals surface area contributed by atoms with Crippen LogP contribution in [0.15, 0.2) is 25.3 Å². The minimum atomic E-state index is -1.02. The summed E-state index contributed by atoms with van der Waals surface area (Å²) >= 11 is 0. The SMILES string of the molecule is C=CC[C@]1(C)OC(=O)C2OC(C)(C)OC2C1OC.C=CC[C@]1(C)OC(O)C2OC(C)(C)OC2C1OC. The number of carbonyl (C=O) groups is 1. The molecule has 206 valence electrons. The summed E-state index contributed by atoms with van der Waals surface area (Å²) in [5.41, 5.74) is -1.43. The standard InChI is InChI=1S/C13H22O5.C13H20O5/c2*1-6-7-13(4)10(15-5)8-9(11(14)18-13)17-12(2,3)16-8/h6,8-11,14H,1,7H2,2-5H3;6,8-10H,1,7H2,2-5H3/t8?,9?,10?,11?,13-;8?,9?,10?,13-/m00/s1. The molecule has 1 N–H and O–H groups in total. The van der Waals surface area contributed by atoms with Gasteiger partial charge >= 0.3 is 5.97 Å². The zero-order valence-electron chi connectivity index (χ0n) is 22.6. The van der Waals surface area contributed by atoms with Crippen LogP contribution < -0.4 is 0 Å². The molecule has 0 spiro atoms. The topological polar surface area (TPSA) is 111 Å². The van der Waals surface area contributed by atoms with Gasteiger partial charge in [0.1, 0.15) is 41.7 Å². The van der Waals surface area contributed by atoms with Gasteiger partial charge in [0.15, 0.2) is 24.0 Å². The molecule has 4 aliphatic heterocycles. The number of rotatable bonds is 6. The van der Waals surface area contributed by atoms with Crippen LogP contribution in [0, 0.1) is 0 Å². The number of carbonyl (C=O) groups excluding carboxylic acids is 1. The van der Waals surface area contributed by atoms with Gasteiger partial charge in [-0.2, -0.15) is 0 Å². The number of hydrogen-bond acceptors (Lipinski definition) is 10. The predicted molar refractivity (Wildman–Crippen MR) is 129 cm³/mol. The average molecular weight is 515 g/mol. The van der Waals surface area contributed by atoms with Gasteiger partial charge in [-0.05, 0) is 48.0 Å². The highest BCUT2D eigenvalue weighted by atomic mass is 16.8. The van der Waals surface area contributed by atoms with Crippen molar-refractivity contribution in [2.45, 2.75) is 120 Å². The second kappa shape index (κ2) is 10.4. The third-order valence-corrected chi connectivity index (χ3v) is 6.94. The summed E-state index contributed by atoms with van der Waals surface area (Å²) < 4.78 is 45.0. The van der Waals surface area contributed by atoms with Crippen LogP contribution in [-0.4, -0.2) is 91.0 Å². The van der Waals surface area contributed by atoms with Crippen molar-refractivity contribution in [3.05, 3.63) is 25.3 Å². The van der Waals surface area contributed by atoms with Crippen LogP contribution in [0.25, 0.3) is 0 Å². The van der Waals surface area contributed by atoms with Gasteiger partial charge in [-0.15, -0.1) is 13.2 Å². The maximum Gasteiger partial charge on any atom is 0.338 e. The molecule has 10 heteroatoms. The number of aliphatic hydroxyl groups is 1. The molecule has 7 unspecified atom stereocenters. The first-order chi connectivity index (χ1) is 16.7. The smallest absolute Gasteiger partial charge is 0.338 e. The number of esters is 1. The zero-order valence-corrected chi connectivity index (χ0v) is 22.6. The van der Waals surface area contributed by atoms with Crippen molar-refractivity contribution >= 4 is 5.97 Å². The molecule has 0 amide bonds. The molecular weight excluding hydrogens is 472 g/mol. The Hall–Kier alpha value is -1.37. The fraction of sp³-hybridized carbons (Fsp3) is 0.808. The maximum absolute atomic E-state index is 12.0. The van der Waals surface area contributed by atoms with E-state index in [1.54, 1.807) is 40.2 Å². The normalized spacial score (nSPS) is 44.5. The summed E-state index contributed by atoms with van der Waals surface area (Å²) in [6, 6.07) is 0.